The summed E-state index contributed by atoms with van der Waals surface area (Å²) >= 11 is 1.07. The molecule has 0 bridgehead atoms. The zero-order valence-corrected chi connectivity index (χ0v) is 9.40. The quantitative estimate of drug-likeness (QED) is 0.699. The lowest BCUT2D eigenvalue weighted by atomic mass is 10.1. The largest absolute Gasteiger partial charge is 0.288 e. The Bertz CT molecular complexity index is 508. The smallest absolute Gasteiger partial charge is 0.186 e. The van der Waals surface area contributed by atoms with E-state index in [0.717, 1.165) is 11.8 Å². The molecule has 0 atom stereocenters. The Labute approximate surface area is 97.5 Å². The van der Waals surface area contributed by atoms with Gasteiger partial charge in [-0.15, -0.1) is 0 Å². The van der Waals surface area contributed by atoms with Crippen LogP contribution in [0.4, 0.5) is 4.39 Å². The highest BCUT2D eigenvalue weighted by Gasteiger charge is 2.04. The SMILES string of the molecule is CC(=O)SCC#Cc1cccc(C#N)c1F. The summed E-state index contributed by atoms with van der Waals surface area (Å²) in [6.45, 7) is 1.45. The number of carbonyl (C=O) groups excluding carboxylic acids is 1. The van der Waals surface area contributed by atoms with Crippen LogP contribution in [0.1, 0.15) is 18.1 Å². The van der Waals surface area contributed by atoms with Crippen molar-refractivity contribution in [2.45, 2.75) is 6.92 Å². The first-order chi connectivity index (χ1) is 7.65. The van der Waals surface area contributed by atoms with Crippen LogP contribution < -0.4 is 0 Å². The Balaban J connectivity index is 2.82. The van der Waals surface area contributed by atoms with Crippen LogP contribution in [-0.2, 0) is 4.79 Å². The summed E-state index contributed by atoms with van der Waals surface area (Å²) in [4.78, 5) is 10.6. The van der Waals surface area contributed by atoms with E-state index in [4.69, 9.17) is 5.26 Å². The highest BCUT2D eigenvalue weighted by atomic mass is 32.2. The number of hydrogen-bond donors (Lipinski definition) is 0. The number of nitrogens with zero attached hydrogens (tertiary/aromatic N) is 1. The molecule has 0 heterocycles. The Morgan fingerprint density at radius 3 is 2.81 bits per heavy atom. The molecule has 0 amide bonds. The van der Waals surface area contributed by atoms with Crippen LogP contribution in [0.2, 0.25) is 0 Å². The van der Waals surface area contributed by atoms with Crippen molar-refractivity contribution in [1.82, 2.24) is 0 Å². The molecule has 1 rings (SSSR count). The predicted octanol–water partition coefficient (Wildman–Crippen LogP) is 2.33. The second-order valence-corrected chi connectivity index (χ2v) is 4.01. The molecular formula is C12H8FNOS. The van der Waals surface area contributed by atoms with E-state index in [-0.39, 0.29) is 16.2 Å². The fraction of sp³-hybridized carbons (Fsp3) is 0.167. The lowest BCUT2D eigenvalue weighted by Gasteiger charge is -1.95. The van der Waals surface area contributed by atoms with Crippen LogP contribution in [0.3, 0.4) is 0 Å². The van der Waals surface area contributed by atoms with Gasteiger partial charge in [0.05, 0.1) is 16.9 Å². The van der Waals surface area contributed by atoms with E-state index in [9.17, 15) is 9.18 Å². The van der Waals surface area contributed by atoms with E-state index < -0.39 is 5.82 Å². The second-order valence-electron chi connectivity index (χ2n) is 2.86. The lowest BCUT2D eigenvalue weighted by Crippen LogP contribution is -1.89. The van der Waals surface area contributed by atoms with Gasteiger partial charge in [-0.3, -0.25) is 4.79 Å². The first kappa shape index (κ1) is 12.3. The molecule has 2 nitrogen and oxygen atoms in total. The highest BCUT2D eigenvalue weighted by Crippen LogP contribution is 2.10. The van der Waals surface area contributed by atoms with Gasteiger partial charge in [-0.05, 0) is 12.1 Å². The predicted molar refractivity (Wildman–Crippen MR) is 61.1 cm³/mol. The number of benzene rings is 1. The minimum absolute atomic E-state index is 0.0222. The lowest BCUT2D eigenvalue weighted by molar-refractivity contribution is -0.109. The third-order valence-electron chi connectivity index (χ3n) is 1.69. The zero-order valence-electron chi connectivity index (χ0n) is 8.58. The van der Waals surface area contributed by atoms with Crippen LogP contribution in [0.15, 0.2) is 18.2 Å². The molecule has 0 saturated heterocycles. The van der Waals surface area contributed by atoms with Crippen LogP contribution in [0.5, 0.6) is 0 Å². The van der Waals surface area contributed by atoms with Crippen molar-refractivity contribution in [3.05, 3.63) is 35.1 Å². The summed E-state index contributed by atoms with van der Waals surface area (Å²) < 4.78 is 13.5. The first-order valence-corrected chi connectivity index (χ1v) is 5.44. The molecule has 0 aliphatic rings. The topological polar surface area (TPSA) is 40.9 Å². The van der Waals surface area contributed by atoms with Crippen molar-refractivity contribution in [3.8, 4) is 17.9 Å². The maximum atomic E-state index is 13.5. The number of rotatable bonds is 1. The maximum Gasteiger partial charge on any atom is 0.186 e. The highest BCUT2D eigenvalue weighted by molar-refractivity contribution is 8.13. The van der Waals surface area contributed by atoms with Crippen molar-refractivity contribution in [1.29, 1.82) is 5.26 Å². The van der Waals surface area contributed by atoms with E-state index >= 15 is 0 Å². The van der Waals surface area contributed by atoms with Crippen molar-refractivity contribution in [3.63, 3.8) is 0 Å². The van der Waals surface area contributed by atoms with Gasteiger partial charge in [0, 0.05) is 6.92 Å². The molecule has 1 aromatic carbocycles. The molecule has 0 fully saturated rings. The minimum atomic E-state index is -0.606. The van der Waals surface area contributed by atoms with Gasteiger partial charge < -0.3 is 0 Å². The monoisotopic (exact) mass is 233 g/mol. The average Bonchev–Trinajstić information content (AvgIpc) is 2.26. The molecule has 16 heavy (non-hydrogen) atoms. The van der Waals surface area contributed by atoms with E-state index in [0.29, 0.717) is 5.75 Å². The standard InChI is InChI=1S/C12H8FNOS/c1-9(15)16-7-3-6-10-4-2-5-11(8-14)12(10)13/h2,4-5H,7H2,1H3. The summed E-state index contributed by atoms with van der Waals surface area (Å²) in [5, 5.41) is 8.57. The molecule has 0 radical (unpaired) electrons. The molecule has 0 unspecified atom stereocenters. The summed E-state index contributed by atoms with van der Waals surface area (Å²) in [7, 11) is 0. The van der Waals surface area contributed by atoms with Crippen LogP contribution in [0, 0.1) is 29.0 Å². The summed E-state index contributed by atoms with van der Waals surface area (Å²) in [6.07, 6.45) is 0. The molecule has 0 aliphatic heterocycles. The number of thioether (sulfide) groups is 1. The molecule has 0 aliphatic carbocycles. The third-order valence-corrected chi connectivity index (χ3v) is 2.39. The normalized spacial score (nSPS) is 8.81. The van der Waals surface area contributed by atoms with Crippen LogP contribution in [-0.4, -0.2) is 10.9 Å². The van der Waals surface area contributed by atoms with Gasteiger partial charge in [0.25, 0.3) is 0 Å². The van der Waals surface area contributed by atoms with Gasteiger partial charge >= 0.3 is 0 Å². The molecule has 4 heteroatoms. The molecular weight excluding hydrogens is 225 g/mol. The van der Waals surface area contributed by atoms with Crippen molar-refractivity contribution in [2.24, 2.45) is 0 Å². The second kappa shape index (κ2) is 5.95. The first-order valence-electron chi connectivity index (χ1n) is 4.46. The van der Waals surface area contributed by atoms with E-state index in [2.05, 4.69) is 11.8 Å². The van der Waals surface area contributed by atoms with Gasteiger partial charge in [-0.1, -0.05) is 29.7 Å². The average molecular weight is 233 g/mol. The third kappa shape index (κ3) is 3.42. The van der Waals surface area contributed by atoms with Gasteiger partial charge in [0.1, 0.15) is 6.07 Å². The molecule has 1 aromatic rings. The Morgan fingerprint density at radius 2 is 2.19 bits per heavy atom. The number of hydrogen-bond acceptors (Lipinski definition) is 3. The Kier molecular flexibility index (Phi) is 4.57. The molecule has 0 spiro atoms. The van der Waals surface area contributed by atoms with Crippen LogP contribution >= 0.6 is 11.8 Å². The summed E-state index contributed by atoms with van der Waals surface area (Å²) in [5.41, 5.74) is 0.161. The fourth-order valence-corrected chi connectivity index (χ4v) is 1.33. The van der Waals surface area contributed by atoms with Gasteiger partial charge in [0.15, 0.2) is 10.9 Å². The van der Waals surface area contributed by atoms with E-state index in [1.807, 2.05) is 0 Å². The Morgan fingerprint density at radius 1 is 1.50 bits per heavy atom. The van der Waals surface area contributed by atoms with Crippen molar-refractivity contribution < 1.29 is 9.18 Å². The number of halogens is 1. The van der Waals surface area contributed by atoms with E-state index in [1.54, 1.807) is 12.1 Å². The van der Waals surface area contributed by atoms with Crippen LogP contribution in [0.25, 0.3) is 0 Å². The van der Waals surface area contributed by atoms with Gasteiger partial charge in [0.2, 0.25) is 0 Å². The summed E-state index contributed by atoms with van der Waals surface area (Å²) in [6, 6.07) is 6.21. The number of nitriles is 1. The minimum Gasteiger partial charge on any atom is -0.288 e. The molecule has 0 N–H and O–H groups in total. The molecule has 0 aromatic heterocycles. The van der Waals surface area contributed by atoms with Gasteiger partial charge in [-0.2, -0.15) is 5.26 Å². The van der Waals surface area contributed by atoms with Crippen molar-refractivity contribution >= 4 is 16.9 Å². The van der Waals surface area contributed by atoms with Crippen molar-refractivity contribution in [2.75, 3.05) is 5.75 Å². The fourth-order valence-electron chi connectivity index (χ4n) is 0.984. The Hall–Kier alpha value is -1.78. The van der Waals surface area contributed by atoms with Gasteiger partial charge in [-0.25, -0.2) is 4.39 Å². The van der Waals surface area contributed by atoms with E-state index in [1.165, 1.54) is 19.1 Å². The zero-order chi connectivity index (χ0) is 12.0. The number of carbonyl (C=O) groups is 1. The summed E-state index contributed by atoms with van der Waals surface area (Å²) in [5.74, 6) is 4.98. The molecule has 80 valence electrons. The molecule has 0 saturated carbocycles. The maximum absolute atomic E-state index is 13.5.